The number of hydrogen-bond donors (Lipinski definition) is 1. The molecule has 1 amide bonds. The zero-order valence-corrected chi connectivity index (χ0v) is 14.2. The van der Waals surface area contributed by atoms with Gasteiger partial charge in [-0.25, -0.2) is 13.9 Å². The van der Waals surface area contributed by atoms with E-state index in [4.69, 9.17) is 0 Å². The Morgan fingerprint density at radius 3 is 2.65 bits per heavy atom. The van der Waals surface area contributed by atoms with Crippen molar-refractivity contribution < 1.29 is 4.79 Å². The molecule has 7 heteroatoms. The molecule has 2 aromatic heterocycles. The van der Waals surface area contributed by atoms with E-state index in [1.54, 1.807) is 6.07 Å². The molecule has 130 valence electrons. The zero-order valence-electron chi connectivity index (χ0n) is 14.2. The van der Waals surface area contributed by atoms with Crippen LogP contribution in [0.3, 0.4) is 0 Å². The number of hydrogen-bond acceptors (Lipinski definition) is 4. The Morgan fingerprint density at radius 1 is 1.12 bits per heavy atom. The van der Waals surface area contributed by atoms with Crippen molar-refractivity contribution in [2.75, 3.05) is 5.32 Å². The Balaban J connectivity index is 1.62. The fourth-order valence-electron chi connectivity index (χ4n) is 2.89. The van der Waals surface area contributed by atoms with E-state index in [0.29, 0.717) is 22.4 Å². The van der Waals surface area contributed by atoms with Gasteiger partial charge in [0.1, 0.15) is 6.54 Å². The Kier molecular flexibility index (Phi) is 3.96. The highest BCUT2D eigenvalue weighted by Crippen LogP contribution is 2.12. The highest BCUT2D eigenvalue weighted by Gasteiger charge is 2.13. The van der Waals surface area contributed by atoms with Gasteiger partial charge in [-0.2, -0.15) is 0 Å². The molecule has 7 nitrogen and oxygen atoms in total. The van der Waals surface area contributed by atoms with E-state index in [-0.39, 0.29) is 18.1 Å². The highest BCUT2D eigenvalue weighted by molar-refractivity contribution is 5.90. The predicted octanol–water partition coefficient (Wildman–Crippen LogP) is 2.25. The van der Waals surface area contributed by atoms with Gasteiger partial charge in [0.15, 0.2) is 5.65 Å². The van der Waals surface area contributed by atoms with E-state index in [1.807, 2.05) is 42.5 Å². The first-order valence-corrected chi connectivity index (χ1v) is 8.38. The highest BCUT2D eigenvalue weighted by atomic mass is 16.2. The number of aromatic nitrogens is 4. The van der Waals surface area contributed by atoms with Crippen LogP contribution in [-0.4, -0.2) is 25.1 Å². The largest absolute Gasteiger partial charge is 0.351 e. The van der Waals surface area contributed by atoms with Crippen molar-refractivity contribution in [2.45, 2.75) is 19.9 Å². The van der Waals surface area contributed by atoms with Crippen LogP contribution in [0.15, 0.2) is 59.5 Å². The molecule has 2 aromatic carbocycles. The van der Waals surface area contributed by atoms with Crippen molar-refractivity contribution in [3.05, 3.63) is 70.8 Å². The molecular formula is C19H17N5O2. The normalized spacial score (nSPS) is 11.1. The number of anilines is 1. The number of nitrogens with zero attached hydrogens (tertiary/aromatic N) is 4. The molecule has 26 heavy (non-hydrogen) atoms. The summed E-state index contributed by atoms with van der Waals surface area (Å²) >= 11 is 0. The van der Waals surface area contributed by atoms with Gasteiger partial charge in [-0.05, 0) is 36.2 Å². The van der Waals surface area contributed by atoms with Gasteiger partial charge in [-0.15, -0.1) is 5.10 Å². The molecule has 0 saturated carbocycles. The Labute approximate surface area is 148 Å². The number of rotatable bonds is 4. The van der Waals surface area contributed by atoms with Crippen LogP contribution in [0.2, 0.25) is 0 Å². The number of fused-ring (bicyclic) bond motifs is 3. The van der Waals surface area contributed by atoms with Crippen molar-refractivity contribution in [1.29, 1.82) is 0 Å². The number of carbonyl (C=O) groups is 1. The first kappa shape index (κ1) is 16.0. The van der Waals surface area contributed by atoms with Crippen molar-refractivity contribution in [3.8, 4) is 0 Å². The second-order valence-corrected chi connectivity index (χ2v) is 5.98. The lowest BCUT2D eigenvalue weighted by atomic mass is 10.1. The van der Waals surface area contributed by atoms with Crippen molar-refractivity contribution in [1.82, 2.24) is 19.2 Å². The maximum atomic E-state index is 12.7. The number of amides is 1. The molecule has 0 saturated heterocycles. The summed E-state index contributed by atoms with van der Waals surface area (Å²) in [6.07, 6.45) is 2.47. The van der Waals surface area contributed by atoms with Gasteiger partial charge in [-0.3, -0.25) is 9.78 Å². The smallest absolute Gasteiger partial charge is 0.324 e. The molecule has 0 fully saturated rings. The monoisotopic (exact) mass is 347 g/mol. The van der Waals surface area contributed by atoms with E-state index in [1.165, 1.54) is 16.2 Å². The Bertz CT molecular complexity index is 1160. The van der Waals surface area contributed by atoms with E-state index in [9.17, 15) is 9.59 Å². The number of carbonyl (C=O) groups excluding carboxylic acids is 1. The molecule has 1 N–H and O–H groups in total. The summed E-state index contributed by atoms with van der Waals surface area (Å²) in [6, 6.07) is 14.9. The third kappa shape index (κ3) is 2.83. The van der Waals surface area contributed by atoms with Gasteiger partial charge in [0.25, 0.3) is 0 Å². The quantitative estimate of drug-likeness (QED) is 0.614. The minimum Gasteiger partial charge on any atom is -0.324 e. The van der Waals surface area contributed by atoms with Crippen LogP contribution >= 0.6 is 0 Å². The van der Waals surface area contributed by atoms with Crippen molar-refractivity contribution in [2.24, 2.45) is 0 Å². The molecule has 4 aromatic rings. The maximum Gasteiger partial charge on any atom is 0.351 e. The molecule has 0 aliphatic heterocycles. The van der Waals surface area contributed by atoms with Gasteiger partial charge in [0, 0.05) is 5.69 Å². The zero-order chi connectivity index (χ0) is 18.1. The number of aryl methyl sites for hydroxylation is 1. The average molecular weight is 347 g/mol. The molecule has 0 atom stereocenters. The summed E-state index contributed by atoms with van der Waals surface area (Å²) in [5.74, 6) is -0.308. The lowest BCUT2D eigenvalue weighted by Gasteiger charge is -2.05. The summed E-state index contributed by atoms with van der Waals surface area (Å²) in [7, 11) is 0. The van der Waals surface area contributed by atoms with Crippen LogP contribution in [-0.2, 0) is 17.8 Å². The molecule has 0 radical (unpaired) electrons. The van der Waals surface area contributed by atoms with Crippen LogP contribution in [0.1, 0.15) is 12.5 Å². The lowest BCUT2D eigenvalue weighted by molar-refractivity contribution is -0.117. The first-order valence-electron chi connectivity index (χ1n) is 8.38. The fourth-order valence-corrected chi connectivity index (χ4v) is 2.89. The maximum absolute atomic E-state index is 12.7. The van der Waals surface area contributed by atoms with Crippen LogP contribution in [0, 0.1) is 0 Å². The van der Waals surface area contributed by atoms with Gasteiger partial charge >= 0.3 is 5.69 Å². The number of para-hydroxylation sites is 2. The standard InChI is InChI=1S/C19H17N5O2/c1-2-13-7-9-14(10-8-13)21-18(25)12-23-19(26)24-16-6-4-3-5-15(16)20-11-17(24)22-23/h3-11H,2,12H2,1H3,(H,21,25). The summed E-state index contributed by atoms with van der Waals surface area (Å²) in [5.41, 5.74) is 3.29. The second-order valence-electron chi connectivity index (χ2n) is 5.98. The molecule has 0 aliphatic carbocycles. The molecule has 4 rings (SSSR count). The SMILES string of the molecule is CCc1ccc(NC(=O)Cn2nc3cnc4ccccc4n3c2=O)cc1. The van der Waals surface area contributed by atoms with Crippen LogP contribution in [0.4, 0.5) is 5.69 Å². The third-order valence-corrected chi connectivity index (χ3v) is 4.25. The summed E-state index contributed by atoms with van der Waals surface area (Å²) < 4.78 is 2.62. The minimum absolute atomic E-state index is 0.162. The van der Waals surface area contributed by atoms with E-state index in [2.05, 4.69) is 22.3 Å². The minimum atomic E-state index is -0.366. The van der Waals surface area contributed by atoms with Crippen molar-refractivity contribution >= 4 is 28.3 Å². The lowest BCUT2D eigenvalue weighted by Crippen LogP contribution is -2.28. The molecular weight excluding hydrogens is 330 g/mol. The van der Waals surface area contributed by atoms with E-state index >= 15 is 0 Å². The van der Waals surface area contributed by atoms with Gasteiger partial charge in [0.05, 0.1) is 17.2 Å². The Morgan fingerprint density at radius 2 is 1.88 bits per heavy atom. The van der Waals surface area contributed by atoms with E-state index in [0.717, 1.165) is 11.1 Å². The summed E-state index contributed by atoms with van der Waals surface area (Å²) in [6.45, 7) is 1.91. The van der Waals surface area contributed by atoms with Crippen molar-refractivity contribution in [3.63, 3.8) is 0 Å². The van der Waals surface area contributed by atoms with Gasteiger partial charge < -0.3 is 5.32 Å². The topological polar surface area (TPSA) is 81.3 Å². The van der Waals surface area contributed by atoms with Crippen LogP contribution in [0.5, 0.6) is 0 Å². The molecule has 2 heterocycles. The van der Waals surface area contributed by atoms with Crippen LogP contribution in [0.25, 0.3) is 16.7 Å². The molecule has 0 spiro atoms. The van der Waals surface area contributed by atoms with E-state index < -0.39 is 0 Å². The molecule has 0 bridgehead atoms. The number of benzene rings is 2. The Hall–Kier alpha value is -3.48. The van der Waals surface area contributed by atoms with Gasteiger partial charge in [-0.1, -0.05) is 31.2 Å². The average Bonchev–Trinajstić information content (AvgIpc) is 2.98. The molecule has 0 aliphatic rings. The first-order chi connectivity index (χ1) is 12.7. The summed E-state index contributed by atoms with van der Waals surface area (Å²) in [5, 5.41) is 7.00. The van der Waals surface area contributed by atoms with Crippen LogP contribution < -0.4 is 11.0 Å². The summed E-state index contributed by atoms with van der Waals surface area (Å²) in [4.78, 5) is 29.3. The predicted molar refractivity (Wildman–Crippen MR) is 99.2 cm³/mol. The number of nitrogens with one attached hydrogen (secondary N) is 1. The van der Waals surface area contributed by atoms with Gasteiger partial charge in [0.2, 0.25) is 5.91 Å². The third-order valence-electron chi connectivity index (χ3n) is 4.25. The second kappa shape index (κ2) is 6.44. The molecule has 0 unspecified atom stereocenters. The fraction of sp³-hybridized carbons (Fsp3) is 0.158.